The van der Waals surface area contributed by atoms with Crippen LogP contribution in [0.2, 0.25) is 0 Å². The van der Waals surface area contributed by atoms with E-state index in [0.717, 1.165) is 0 Å². The molecule has 0 atom stereocenters. The SMILES string of the molecule is CC(C)c1noc(COC(=O)C2CCN(S(=O)(=O)c3ccccc3)CC2)n1. The highest BCUT2D eigenvalue weighted by Gasteiger charge is 2.32. The molecule has 0 aliphatic carbocycles. The summed E-state index contributed by atoms with van der Waals surface area (Å²) in [4.78, 5) is 16.7. The molecule has 1 aromatic heterocycles. The molecular weight excluding hydrogens is 370 g/mol. The Morgan fingerprint density at radius 2 is 1.93 bits per heavy atom. The highest BCUT2D eigenvalue weighted by Crippen LogP contribution is 2.24. The number of nitrogens with zero attached hydrogens (tertiary/aromatic N) is 3. The van der Waals surface area contributed by atoms with Crippen molar-refractivity contribution in [3.63, 3.8) is 0 Å². The lowest BCUT2D eigenvalue weighted by atomic mass is 9.98. The van der Waals surface area contributed by atoms with Gasteiger partial charge in [0.2, 0.25) is 10.0 Å². The molecule has 0 radical (unpaired) electrons. The van der Waals surface area contributed by atoms with Crippen molar-refractivity contribution < 1.29 is 22.5 Å². The van der Waals surface area contributed by atoms with Crippen molar-refractivity contribution in [3.8, 4) is 0 Å². The molecule has 0 bridgehead atoms. The highest BCUT2D eigenvalue weighted by molar-refractivity contribution is 7.89. The van der Waals surface area contributed by atoms with Crippen molar-refractivity contribution in [1.29, 1.82) is 0 Å². The van der Waals surface area contributed by atoms with Crippen molar-refractivity contribution in [1.82, 2.24) is 14.4 Å². The van der Waals surface area contributed by atoms with Crippen molar-refractivity contribution in [2.24, 2.45) is 5.92 Å². The van der Waals surface area contributed by atoms with Gasteiger partial charge in [-0.25, -0.2) is 8.42 Å². The van der Waals surface area contributed by atoms with E-state index in [9.17, 15) is 13.2 Å². The summed E-state index contributed by atoms with van der Waals surface area (Å²) in [5.41, 5.74) is 0. The molecule has 1 aliphatic rings. The molecular formula is C18H23N3O5S. The molecule has 8 nitrogen and oxygen atoms in total. The van der Waals surface area contributed by atoms with Crippen LogP contribution in [0.25, 0.3) is 0 Å². The Morgan fingerprint density at radius 1 is 1.26 bits per heavy atom. The molecule has 1 aliphatic heterocycles. The summed E-state index contributed by atoms with van der Waals surface area (Å²) in [5.74, 6) is 0.265. The van der Waals surface area contributed by atoms with Crippen LogP contribution >= 0.6 is 0 Å². The number of esters is 1. The molecule has 0 saturated carbocycles. The lowest BCUT2D eigenvalue weighted by Gasteiger charge is -2.30. The second-order valence-electron chi connectivity index (χ2n) is 6.80. The van der Waals surface area contributed by atoms with E-state index in [1.54, 1.807) is 30.3 Å². The molecule has 9 heteroatoms. The molecule has 2 aromatic rings. The van der Waals surface area contributed by atoms with Crippen LogP contribution < -0.4 is 0 Å². The number of ether oxygens (including phenoxy) is 1. The molecule has 1 aromatic carbocycles. The lowest BCUT2D eigenvalue weighted by Crippen LogP contribution is -2.40. The smallest absolute Gasteiger partial charge is 0.309 e. The van der Waals surface area contributed by atoms with E-state index < -0.39 is 10.0 Å². The molecule has 1 fully saturated rings. The summed E-state index contributed by atoms with van der Waals surface area (Å²) < 4.78 is 37.0. The number of hydrogen-bond donors (Lipinski definition) is 0. The van der Waals surface area contributed by atoms with Gasteiger partial charge in [-0.2, -0.15) is 9.29 Å². The van der Waals surface area contributed by atoms with Crippen molar-refractivity contribution >= 4 is 16.0 Å². The standard InChI is InChI=1S/C18H23N3O5S/c1-13(2)17-19-16(26-20-17)12-25-18(22)14-8-10-21(11-9-14)27(23,24)15-6-4-3-5-7-15/h3-7,13-14H,8-12H2,1-2H3. The summed E-state index contributed by atoms with van der Waals surface area (Å²) >= 11 is 0. The first-order chi connectivity index (χ1) is 12.9. The summed E-state index contributed by atoms with van der Waals surface area (Å²) in [5, 5.41) is 3.82. The number of piperidine rings is 1. The van der Waals surface area contributed by atoms with E-state index in [1.165, 1.54) is 4.31 Å². The summed E-state index contributed by atoms with van der Waals surface area (Å²) in [6.07, 6.45) is 0.845. The van der Waals surface area contributed by atoms with Crippen LogP contribution in [0.15, 0.2) is 39.8 Å². The van der Waals surface area contributed by atoms with Crippen molar-refractivity contribution in [2.75, 3.05) is 13.1 Å². The number of benzene rings is 1. The zero-order chi connectivity index (χ0) is 19.4. The number of carbonyl (C=O) groups excluding carboxylic acids is 1. The predicted molar refractivity (Wildman–Crippen MR) is 96.1 cm³/mol. The summed E-state index contributed by atoms with van der Waals surface area (Å²) in [6, 6.07) is 8.31. The monoisotopic (exact) mass is 393 g/mol. The highest BCUT2D eigenvalue weighted by atomic mass is 32.2. The van der Waals surface area contributed by atoms with Crippen molar-refractivity contribution in [3.05, 3.63) is 42.0 Å². The van der Waals surface area contributed by atoms with E-state index in [0.29, 0.717) is 18.7 Å². The summed E-state index contributed by atoms with van der Waals surface area (Å²) in [6.45, 7) is 4.39. The van der Waals surface area contributed by atoms with Crippen LogP contribution in [0.3, 0.4) is 0 Å². The first-order valence-corrected chi connectivity index (χ1v) is 10.4. The van der Waals surface area contributed by atoms with Crippen molar-refractivity contribution in [2.45, 2.75) is 44.1 Å². The van der Waals surface area contributed by atoms with E-state index in [-0.39, 0.29) is 48.3 Å². The van der Waals surface area contributed by atoms with Crippen LogP contribution in [0.4, 0.5) is 0 Å². The minimum Gasteiger partial charge on any atom is -0.455 e. The van der Waals surface area contributed by atoms with Crippen LogP contribution in [-0.4, -0.2) is 41.9 Å². The molecule has 0 unspecified atom stereocenters. The molecule has 27 heavy (non-hydrogen) atoms. The van der Waals surface area contributed by atoms with E-state index in [4.69, 9.17) is 9.26 Å². The minimum absolute atomic E-state index is 0.0684. The Morgan fingerprint density at radius 3 is 2.52 bits per heavy atom. The Bertz CT molecular complexity index is 871. The number of aromatic nitrogens is 2. The maximum Gasteiger partial charge on any atom is 0.309 e. The third kappa shape index (κ3) is 4.54. The molecule has 3 rings (SSSR count). The minimum atomic E-state index is -3.52. The second-order valence-corrected chi connectivity index (χ2v) is 8.74. The number of rotatable bonds is 6. The molecule has 146 valence electrons. The average Bonchev–Trinajstić information content (AvgIpc) is 3.16. The maximum absolute atomic E-state index is 12.6. The average molecular weight is 393 g/mol. The number of hydrogen-bond acceptors (Lipinski definition) is 7. The van der Waals surface area contributed by atoms with E-state index in [2.05, 4.69) is 10.1 Å². The predicted octanol–water partition coefficient (Wildman–Crippen LogP) is 2.34. The van der Waals surface area contributed by atoms with E-state index in [1.807, 2.05) is 13.8 Å². The van der Waals surface area contributed by atoms with Crippen LogP contribution in [0.1, 0.15) is 44.3 Å². The van der Waals surface area contributed by atoms with Gasteiger partial charge >= 0.3 is 5.97 Å². The molecule has 0 spiro atoms. The van der Waals surface area contributed by atoms with Gasteiger partial charge in [0.1, 0.15) is 0 Å². The van der Waals surface area contributed by atoms with Gasteiger partial charge in [0.15, 0.2) is 12.4 Å². The first kappa shape index (κ1) is 19.5. The van der Waals surface area contributed by atoms with Crippen LogP contribution in [-0.2, 0) is 26.2 Å². The third-order valence-corrected chi connectivity index (χ3v) is 6.42. The number of carbonyl (C=O) groups is 1. The van der Waals surface area contributed by atoms with Gasteiger partial charge < -0.3 is 9.26 Å². The zero-order valence-electron chi connectivity index (χ0n) is 15.4. The van der Waals surface area contributed by atoms with E-state index >= 15 is 0 Å². The van der Waals surface area contributed by atoms with Gasteiger partial charge in [0, 0.05) is 19.0 Å². The van der Waals surface area contributed by atoms with Gasteiger partial charge in [0.25, 0.3) is 5.89 Å². The molecule has 0 N–H and O–H groups in total. The Hall–Kier alpha value is -2.26. The molecule has 2 heterocycles. The third-order valence-electron chi connectivity index (χ3n) is 4.51. The maximum atomic E-state index is 12.6. The van der Waals surface area contributed by atoms with Gasteiger partial charge in [-0.15, -0.1) is 0 Å². The lowest BCUT2D eigenvalue weighted by molar-refractivity contribution is -0.152. The van der Waals surface area contributed by atoms with Gasteiger partial charge in [0.05, 0.1) is 10.8 Å². The Labute approximate surface area is 158 Å². The zero-order valence-corrected chi connectivity index (χ0v) is 16.2. The topological polar surface area (TPSA) is 103 Å². The quantitative estimate of drug-likeness (QED) is 0.694. The fourth-order valence-electron chi connectivity index (χ4n) is 2.89. The van der Waals surface area contributed by atoms with Gasteiger partial charge in [-0.05, 0) is 25.0 Å². The van der Waals surface area contributed by atoms with Crippen LogP contribution in [0, 0.1) is 5.92 Å². The van der Waals surface area contributed by atoms with Crippen LogP contribution in [0.5, 0.6) is 0 Å². The normalized spacial score (nSPS) is 16.6. The fraction of sp³-hybridized carbons (Fsp3) is 0.500. The fourth-order valence-corrected chi connectivity index (χ4v) is 4.38. The Balaban J connectivity index is 1.52. The van der Waals surface area contributed by atoms with Gasteiger partial charge in [-0.3, -0.25) is 4.79 Å². The molecule has 1 saturated heterocycles. The number of sulfonamides is 1. The second kappa shape index (κ2) is 8.18. The Kier molecular flexibility index (Phi) is 5.91. The van der Waals surface area contributed by atoms with Gasteiger partial charge in [-0.1, -0.05) is 37.2 Å². The first-order valence-electron chi connectivity index (χ1n) is 8.92. The summed E-state index contributed by atoms with van der Waals surface area (Å²) in [7, 11) is -3.52. The largest absolute Gasteiger partial charge is 0.455 e. The molecule has 0 amide bonds.